The summed E-state index contributed by atoms with van der Waals surface area (Å²) in [7, 11) is 0. The smallest absolute Gasteiger partial charge is 0.143 e. The third kappa shape index (κ3) is 2.04. The van der Waals surface area contributed by atoms with Crippen LogP contribution in [-0.4, -0.2) is 27.2 Å². The van der Waals surface area contributed by atoms with Gasteiger partial charge in [0.1, 0.15) is 12.1 Å². The fourth-order valence-electron chi connectivity index (χ4n) is 1.45. The molecule has 1 aliphatic carbocycles. The first-order valence-corrected chi connectivity index (χ1v) is 5.41. The number of aliphatic hydroxyl groups is 1. The Morgan fingerprint density at radius 1 is 1.57 bits per heavy atom. The van der Waals surface area contributed by atoms with Gasteiger partial charge >= 0.3 is 0 Å². The number of rotatable bonds is 3. The number of hydrogen-bond acceptors (Lipinski definition) is 4. The van der Waals surface area contributed by atoms with Gasteiger partial charge in [-0.25, -0.2) is 9.97 Å². The van der Waals surface area contributed by atoms with E-state index < -0.39 is 5.60 Å². The molecule has 2 N–H and O–H groups in total. The predicted octanol–water partition coefficient (Wildman–Crippen LogP) is 1.57. The van der Waals surface area contributed by atoms with Gasteiger partial charge in [-0.1, -0.05) is 0 Å². The Labute approximate surface area is 90.9 Å². The highest BCUT2D eigenvalue weighted by atomic mass is 79.9. The van der Waals surface area contributed by atoms with E-state index in [1.165, 1.54) is 6.33 Å². The second kappa shape index (κ2) is 3.82. The number of nitrogens with one attached hydrogen (secondary N) is 1. The van der Waals surface area contributed by atoms with Crippen LogP contribution in [0.5, 0.6) is 0 Å². The Balaban J connectivity index is 1.95. The minimum Gasteiger partial charge on any atom is -0.388 e. The zero-order valence-corrected chi connectivity index (χ0v) is 9.29. The monoisotopic (exact) mass is 257 g/mol. The van der Waals surface area contributed by atoms with E-state index in [4.69, 9.17) is 0 Å². The lowest BCUT2D eigenvalue weighted by Gasteiger charge is -2.36. The van der Waals surface area contributed by atoms with Crippen molar-refractivity contribution in [3.05, 3.63) is 17.0 Å². The van der Waals surface area contributed by atoms with E-state index in [1.54, 1.807) is 6.20 Å². The molecule has 14 heavy (non-hydrogen) atoms. The molecule has 0 unspecified atom stereocenters. The van der Waals surface area contributed by atoms with Crippen LogP contribution in [0.15, 0.2) is 17.0 Å². The highest BCUT2D eigenvalue weighted by Gasteiger charge is 2.34. The van der Waals surface area contributed by atoms with Gasteiger partial charge in [0.15, 0.2) is 0 Å². The number of hydrogen-bond donors (Lipinski definition) is 2. The van der Waals surface area contributed by atoms with Crippen molar-refractivity contribution in [1.29, 1.82) is 0 Å². The van der Waals surface area contributed by atoms with Crippen molar-refractivity contribution in [1.82, 2.24) is 9.97 Å². The Kier molecular flexibility index (Phi) is 2.69. The zero-order chi connectivity index (χ0) is 10.0. The summed E-state index contributed by atoms with van der Waals surface area (Å²) >= 11 is 3.33. The molecular weight excluding hydrogens is 246 g/mol. The molecule has 1 aromatic heterocycles. The molecule has 76 valence electrons. The van der Waals surface area contributed by atoms with Crippen LogP contribution in [-0.2, 0) is 0 Å². The van der Waals surface area contributed by atoms with Crippen LogP contribution < -0.4 is 5.32 Å². The maximum Gasteiger partial charge on any atom is 0.143 e. The number of halogens is 1. The Bertz CT molecular complexity index is 328. The lowest BCUT2D eigenvalue weighted by Crippen LogP contribution is -2.43. The first kappa shape index (κ1) is 9.86. The quantitative estimate of drug-likeness (QED) is 0.863. The minimum absolute atomic E-state index is 0.523. The molecule has 0 amide bonds. The van der Waals surface area contributed by atoms with Gasteiger partial charge in [-0.05, 0) is 35.2 Å². The number of aromatic nitrogens is 2. The van der Waals surface area contributed by atoms with Crippen molar-refractivity contribution >= 4 is 21.7 Å². The van der Waals surface area contributed by atoms with Gasteiger partial charge in [-0.2, -0.15) is 0 Å². The molecule has 4 nitrogen and oxygen atoms in total. The van der Waals surface area contributed by atoms with E-state index in [2.05, 4.69) is 31.2 Å². The van der Waals surface area contributed by atoms with Gasteiger partial charge in [0.2, 0.25) is 0 Å². The van der Waals surface area contributed by atoms with Gasteiger partial charge < -0.3 is 10.4 Å². The molecule has 0 radical (unpaired) electrons. The summed E-state index contributed by atoms with van der Waals surface area (Å²) in [6.45, 7) is 0.558. The summed E-state index contributed by atoms with van der Waals surface area (Å²) in [5, 5.41) is 12.9. The van der Waals surface area contributed by atoms with Crippen molar-refractivity contribution in [3.63, 3.8) is 0 Å². The SMILES string of the molecule is OC1(CNc2ncncc2Br)CCC1. The normalized spacial score (nSPS) is 18.7. The fourth-order valence-corrected chi connectivity index (χ4v) is 1.81. The highest BCUT2D eigenvalue weighted by Crippen LogP contribution is 2.31. The molecule has 1 saturated carbocycles. The van der Waals surface area contributed by atoms with E-state index >= 15 is 0 Å². The molecule has 0 spiro atoms. The van der Waals surface area contributed by atoms with E-state index in [9.17, 15) is 5.11 Å². The van der Waals surface area contributed by atoms with Crippen molar-refractivity contribution in [2.24, 2.45) is 0 Å². The first-order chi connectivity index (χ1) is 6.70. The van der Waals surface area contributed by atoms with Gasteiger partial charge in [0.05, 0.1) is 10.1 Å². The number of nitrogens with zero attached hydrogens (tertiary/aromatic N) is 2. The zero-order valence-electron chi connectivity index (χ0n) is 7.70. The summed E-state index contributed by atoms with van der Waals surface area (Å²) in [6, 6.07) is 0. The van der Waals surface area contributed by atoms with Crippen LogP contribution in [0.4, 0.5) is 5.82 Å². The van der Waals surface area contributed by atoms with E-state index in [0.29, 0.717) is 6.54 Å². The molecule has 1 heterocycles. The predicted molar refractivity (Wildman–Crippen MR) is 57.0 cm³/mol. The van der Waals surface area contributed by atoms with Gasteiger partial charge in [0.25, 0.3) is 0 Å². The lowest BCUT2D eigenvalue weighted by atomic mass is 9.80. The maximum atomic E-state index is 9.84. The molecule has 0 aliphatic heterocycles. The Morgan fingerprint density at radius 3 is 2.93 bits per heavy atom. The fraction of sp³-hybridized carbons (Fsp3) is 0.556. The third-order valence-corrected chi connectivity index (χ3v) is 3.12. The molecule has 0 saturated heterocycles. The van der Waals surface area contributed by atoms with E-state index in [-0.39, 0.29) is 0 Å². The molecule has 0 atom stereocenters. The molecule has 0 aromatic carbocycles. The van der Waals surface area contributed by atoms with Crippen molar-refractivity contribution < 1.29 is 5.11 Å². The van der Waals surface area contributed by atoms with Crippen LogP contribution in [0.1, 0.15) is 19.3 Å². The second-order valence-electron chi connectivity index (χ2n) is 3.65. The Morgan fingerprint density at radius 2 is 2.36 bits per heavy atom. The molecule has 1 aromatic rings. The molecule has 2 rings (SSSR count). The van der Waals surface area contributed by atoms with Crippen LogP contribution >= 0.6 is 15.9 Å². The van der Waals surface area contributed by atoms with Crippen molar-refractivity contribution in [2.75, 3.05) is 11.9 Å². The highest BCUT2D eigenvalue weighted by molar-refractivity contribution is 9.10. The number of anilines is 1. The maximum absolute atomic E-state index is 9.84. The lowest BCUT2D eigenvalue weighted by molar-refractivity contribution is -0.0202. The molecule has 1 aliphatic rings. The van der Waals surface area contributed by atoms with E-state index in [1.807, 2.05) is 0 Å². The molecule has 1 fully saturated rings. The Hall–Kier alpha value is -0.680. The van der Waals surface area contributed by atoms with Gasteiger partial charge in [0, 0.05) is 12.7 Å². The standard InChI is InChI=1S/C9H12BrN3O/c10-7-4-11-6-13-8(7)12-5-9(14)2-1-3-9/h4,6,14H,1-3,5H2,(H,11,12,13). The average Bonchev–Trinajstić information content (AvgIpc) is 2.14. The largest absolute Gasteiger partial charge is 0.388 e. The summed E-state index contributed by atoms with van der Waals surface area (Å²) in [5.41, 5.74) is -0.523. The molecule has 5 heteroatoms. The summed E-state index contributed by atoms with van der Waals surface area (Å²) in [4.78, 5) is 7.92. The van der Waals surface area contributed by atoms with E-state index in [0.717, 1.165) is 29.6 Å². The van der Waals surface area contributed by atoms with Crippen LogP contribution in [0.2, 0.25) is 0 Å². The van der Waals surface area contributed by atoms with Crippen LogP contribution in [0, 0.1) is 0 Å². The summed E-state index contributed by atoms with van der Waals surface area (Å²) in [6.07, 6.45) is 6.03. The van der Waals surface area contributed by atoms with Crippen LogP contribution in [0.3, 0.4) is 0 Å². The average molecular weight is 258 g/mol. The summed E-state index contributed by atoms with van der Waals surface area (Å²) in [5.74, 6) is 0.736. The third-order valence-electron chi connectivity index (χ3n) is 2.54. The summed E-state index contributed by atoms with van der Waals surface area (Å²) < 4.78 is 0.822. The first-order valence-electron chi connectivity index (χ1n) is 4.61. The van der Waals surface area contributed by atoms with Crippen LogP contribution in [0.25, 0.3) is 0 Å². The van der Waals surface area contributed by atoms with Crippen molar-refractivity contribution in [2.45, 2.75) is 24.9 Å². The topological polar surface area (TPSA) is 58.0 Å². The molecular formula is C9H12BrN3O. The van der Waals surface area contributed by atoms with Gasteiger partial charge in [-0.15, -0.1) is 0 Å². The van der Waals surface area contributed by atoms with Gasteiger partial charge in [-0.3, -0.25) is 0 Å². The molecule has 0 bridgehead atoms. The van der Waals surface area contributed by atoms with Crippen molar-refractivity contribution in [3.8, 4) is 0 Å². The second-order valence-corrected chi connectivity index (χ2v) is 4.51. The minimum atomic E-state index is -0.523.